The largest absolute Gasteiger partial charge is 0.497 e. The number of aromatic nitrogens is 2. The Morgan fingerprint density at radius 3 is 2.30 bits per heavy atom. The van der Waals surface area contributed by atoms with Gasteiger partial charge < -0.3 is 4.74 Å². The van der Waals surface area contributed by atoms with Gasteiger partial charge in [0.1, 0.15) is 5.75 Å². The highest BCUT2D eigenvalue weighted by Gasteiger charge is 2.20. The average molecular weight is 404 g/mol. The number of hydrogen-bond donors (Lipinski definition) is 1. The molecule has 0 atom stereocenters. The Bertz CT molecular complexity index is 1050. The molecule has 0 unspecified atom stereocenters. The van der Waals surface area contributed by atoms with Crippen LogP contribution in [0.3, 0.4) is 0 Å². The van der Waals surface area contributed by atoms with Gasteiger partial charge in [-0.25, -0.2) is 4.68 Å². The molecule has 0 aliphatic heterocycles. The van der Waals surface area contributed by atoms with Gasteiger partial charge in [0.2, 0.25) is 0 Å². The van der Waals surface area contributed by atoms with E-state index in [2.05, 4.69) is 5.10 Å². The summed E-state index contributed by atoms with van der Waals surface area (Å²) >= 11 is 0. The zero-order valence-corrected chi connectivity index (χ0v) is 17.7. The van der Waals surface area contributed by atoms with Gasteiger partial charge in [0.05, 0.1) is 30.1 Å². The Balaban J connectivity index is 1.81. The van der Waals surface area contributed by atoms with Gasteiger partial charge >= 0.3 is 0 Å². The highest BCUT2D eigenvalue weighted by molar-refractivity contribution is 6.03. The van der Waals surface area contributed by atoms with Gasteiger partial charge in [-0.2, -0.15) is 0 Å². The summed E-state index contributed by atoms with van der Waals surface area (Å²) in [7, 11) is 1.63. The van der Waals surface area contributed by atoms with E-state index in [-0.39, 0.29) is 5.56 Å². The fraction of sp³-hybridized carbons (Fsp3) is 0.360. The summed E-state index contributed by atoms with van der Waals surface area (Å²) in [5.74, 6) is 0.757. The molecule has 0 radical (unpaired) electrons. The lowest BCUT2D eigenvalue weighted by Crippen LogP contribution is -2.20. The van der Waals surface area contributed by atoms with Crippen LogP contribution in [0.1, 0.15) is 51.0 Å². The quantitative estimate of drug-likeness (QED) is 0.460. The van der Waals surface area contributed by atoms with Crippen molar-refractivity contribution < 1.29 is 4.74 Å². The molecule has 1 N–H and O–H groups in total. The molecule has 156 valence electrons. The Hall–Kier alpha value is -3.08. The van der Waals surface area contributed by atoms with E-state index < -0.39 is 0 Å². The number of benzene rings is 2. The van der Waals surface area contributed by atoms with E-state index >= 15 is 0 Å². The molecule has 30 heavy (non-hydrogen) atoms. The van der Waals surface area contributed by atoms with Crippen molar-refractivity contribution in [3.05, 3.63) is 70.5 Å². The van der Waals surface area contributed by atoms with E-state index in [9.17, 15) is 4.79 Å². The van der Waals surface area contributed by atoms with E-state index in [0.29, 0.717) is 11.6 Å². The average Bonchev–Trinajstić information content (AvgIpc) is 2.94. The van der Waals surface area contributed by atoms with Gasteiger partial charge in [0, 0.05) is 11.3 Å². The number of H-pyrrole nitrogens is 1. The molecule has 1 aliphatic rings. The van der Waals surface area contributed by atoms with Crippen LogP contribution in [-0.2, 0) is 0 Å². The molecule has 0 bridgehead atoms. The van der Waals surface area contributed by atoms with Crippen LogP contribution in [0.25, 0.3) is 16.9 Å². The van der Waals surface area contributed by atoms with Gasteiger partial charge in [-0.3, -0.25) is 14.9 Å². The Labute approximate surface area is 177 Å². The van der Waals surface area contributed by atoms with Crippen LogP contribution in [0.15, 0.2) is 64.4 Å². The Morgan fingerprint density at radius 2 is 1.67 bits per heavy atom. The maximum atomic E-state index is 13.5. The van der Waals surface area contributed by atoms with E-state index in [1.807, 2.05) is 61.5 Å². The lowest BCUT2D eigenvalue weighted by molar-refractivity contribution is 0.414. The van der Waals surface area contributed by atoms with Gasteiger partial charge in [0.25, 0.3) is 5.56 Å². The summed E-state index contributed by atoms with van der Waals surface area (Å²) in [6.45, 7) is 1.97. The molecular formula is C25H29N3O2. The molecule has 0 saturated heterocycles. The molecule has 1 heterocycles. The molecule has 5 nitrogen and oxygen atoms in total. The first kappa shape index (κ1) is 20.2. The SMILES string of the molecule is COc1ccc(-n2[nH]c(-c3ccccc3)c(C(C)=NC3CCCCCC3)c2=O)cc1. The van der Waals surface area contributed by atoms with Gasteiger partial charge in [-0.05, 0) is 44.0 Å². The van der Waals surface area contributed by atoms with Crippen LogP contribution >= 0.6 is 0 Å². The van der Waals surface area contributed by atoms with Crippen LogP contribution in [0.2, 0.25) is 0 Å². The van der Waals surface area contributed by atoms with E-state index in [4.69, 9.17) is 9.73 Å². The smallest absolute Gasteiger partial charge is 0.280 e. The second kappa shape index (κ2) is 9.16. The summed E-state index contributed by atoms with van der Waals surface area (Å²) in [6, 6.07) is 17.8. The van der Waals surface area contributed by atoms with Crippen LogP contribution in [0.4, 0.5) is 0 Å². The van der Waals surface area contributed by atoms with Crippen LogP contribution in [0.5, 0.6) is 5.75 Å². The Kier molecular flexibility index (Phi) is 6.17. The summed E-state index contributed by atoms with van der Waals surface area (Å²) in [5, 5.41) is 3.33. The minimum absolute atomic E-state index is 0.0751. The zero-order valence-electron chi connectivity index (χ0n) is 17.7. The molecule has 0 amide bonds. The van der Waals surface area contributed by atoms with Crippen molar-refractivity contribution in [2.45, 2.75) is 51.5 Å². The van der Waals surface area contributed by atoms with Crippen molar-refractivity contribution in [1.82, 2.24) is 9.78 Å². The molecule has 2 aromatic carbocycles. The zero-order chi connectivity index (χ0) is 20.9. The van der Waals surface area contributed by atoms with Crippen molar-refractivity contribution in [2.24, 2.45) is 4.99 Å². The third-order valence-corrected chi connectivity index (χ3v) is 5.85. The maximum absolute atomic E-state index is 13.5. The van der Waals surface area contributed by atoms with E-state index in [1.165, 1.54) is 25.7 Å². The van der Waals surface area contributed by atoms with Gasteiger partial charge in [-0.1, -0.05) is 56.0 Å². The standard InChI is InChI=1S/C25H29N3O2/c1-18(26-20-12-8-3-4-9-13-20)23-24(19-10-6-5-7-11-19)27-28(25(23)29)21-14-16-22(30-2)17-15-21/h5-7,10-11,14-17,20,27H,3-4,8-9,12-13H2,1-2H3. The first-order valence-corrected chi connectivity index (χ1v) is 10.8. The summed E-state index contributed by atoms with van der Waals surface area (Å²) in [5.41, 5.74) is 3.95. The number of nitrogens with zero attached hydrogens (tertiary/aromatic N) is 2. The number of hydrogen-bond acceptors (Lipinski definition) is 3. The van der Waals surface area contributed by atoms with Gasteiger partial charge in [-0.15, -0.1) is 0 Å². The topological polar surface area (TPSA) is 59.4 Å². The molecular weight excluding hydrogens is 374 g/mol. The Morgan fingerprint density at radius 1 is 1.00 bits per heavy atom. The molecule has 1 saturated carbocycles. The van der Waals surface area contributed by atoms with Crippen LogP contribution < -0.4 is 10.3 Å². The second-order valence-electron chi connectivity index (χ2n) is 7.93. The molecule has 1 aromatic heterocycles. The van der Waals surface area contributed by atoms with Crippen LogP contribution in [0, 0.1) is 0 Å². The number of ether oxygens (including phenoxy) is 1. The molecule has 1 fully saturated rings. The summed E-state index contributed by atoms with van der Waals surface area (Å²) in [4.78, 5) is 18.5. The first-order valence-electron chi connectivity index (χ1n) is 10.8. The minimum Gasteiger partial charge on any atom is -0.497 e. The third kappa shape index (κ3) is 4.25. The highest BCUT2D eigenvalue weighted by Crippen LogP contribution is 2.24. The van der Waals surface area contributed by atoms with Crippen molar-refractivity contribution in [3.8, 4) is 22.7 Å². The number of rotatable bonds is 5. The number of nitrogens with one attached hydrogen (secondary N) is 1. The van der Waals surface area contributed by atoms with Crippen molar-refractivity contribution in [3.63, 3.8) is 0 Å². The maximum Gasteiger partial charge on any atom is 0.280 e. The first-order chi connectivity index (χ1) is 14.7. The fourth-order valence-electron chi connectivity index (χ4n) is 4.22. The van der Waals surface area contributed by atoms with Crippen molar-refractivity contribution in [2.75, 3.05) is 7.11 Å². The lowest BCUT2D eigenvalue weighted by Gasteiger charge is -2.10. The number of methoxy groups -OCH3 is 1. The lowest BCUT2D eigenvalue weighted by atomic mass is 10.0. The molecule has 3 aromatic rings. The predicted molar refractivity (Wildman–Crippen MR) is 122 cm³/mol. The molecule has 0 spiro atoms. The third-order valence-electron chi connectivity index (χ3n) is 5.85. The van der Waals surface area contributed by atoms with Crippen molar-refractivity contribution in [1.29, 1.82) is 0 Å². The molecule has 1 aliphatic carbocycles. The second-order valence-corrected chi connectivity index (χ2v) is 7.93. The number of aromatic amines is 1. The normalized spacial score (nSPS) is 15.7. The van der Waals surface area contributed by atoms with Crippen LogP contribution in [-0.4, -0.2) is 28.6 Å². The van der Waals surface area contributed by atoms with E-state index in [0.717, 1.165) is 41.2 Å². The van der Waals surface area contributed by atoms with Crippen molar-refractivity contribution >= 4 is 5.71 Å². The predicted octanol–water partition coefficient (Wildman–Crippen LogP) is 5.37. The summed E-state index contributed by atoms with van der Waals surface area (Å²) in [6.07, 6.45) is 7.22. The summed E-state index contributed by atoms with van der Waals surface area (Å²) < 4.78 is 6.85. The highest BCUT2D eigenvalue weighted by atomic mass is 16.5. The minimum atomic E-state index is -0.0751. The monoisotopic (exact) mass is 403 g/mol. The van der Waals surface area contributed by atoms with E-state index in [1.54, 1.807) is 11.8 Å². The van der Waals surface area contributed by atoms with Gasteiger partial charge in [0.15, 0.2) is 0 Å². The molecule has 4 rings (SSSR count). The fourth-order valence-corrected chi connectivity index (χ4v) is 4.22. The molecule has 5 heteroatoms. The number of aliphatic imine (C=N–C) groups is 1.